The molecule has 0 radical (unpaired) electrons. The number of fused-ring (bicyclic) bond motifs is 1. The average Bonchev–Trinajstić information content (AvgIpc) is 2.41. The Bertz CT molecular complexity index is 553. The number of phenols is 1. The summed E-state index contributed by atoms with van der Waals surface area (Å²) in [5.74, 6) is 0.976. The zero-order chi connectivity index (χ0) is 12.4. The van der Waals surface area contributed by atoms with Crippen LogP contribution in [0.2, 0.25) is 0 Å². The van der Waals surface area contributed by atoms with E-state index in [1.54, 1.807) is 24.3 Å². The van der Waals surface area contributed by atoms with Crippen LogP contribution in [0.25, 0.3) is 0 Å². The van der Waals surface area contributed by atoms with Crippen molar-refractivity contribution in [2.24, 2.45) is 0 Å². The molecule has 2 heterocycles. The summed E-state index contributed by atoms with van der Waals surface area (Å²) in [5, 5.41) is 24.1. The van der Waals surface area contributed by atoms with Gasteiger partial charge in [-0.1, -0.05) is 0 Å². The monoisotopic (exact) mass is 242 g/mol. The van der Waals surface area contributed by atoms with E-state index in [4.69, 9.17) is 0 Å². The summed E-state index contributed by atoms with van der Waals surface area (Å²) in [6, 6.07) is 8.89. The summed E-state index contributed by atoms with van der Waals surface area (Å²) in [4.78, 5) is 0. The highest BCUT2D eigenvalue weighted by molar-refractivity contribution is 5.57. The third-order valence-corrected chi connectivity index (χ3v) is 2.95. The van der Waals surface area contributed by atoms with E-state index < -0.39 is 0 Å². The molecular weight excluding hydrogens is 228 g/mol. The molecule has 0 fully saturated rings. The summed E-state index contributed by atoms with van der Waals surface area (Å²) < 4.78 is 0. The number of benzene rings is 1. The predicted molar refractivity (Wildman–Crippen MR) is 68.8 cm³/mol. The molecule has 1 aromatic heterocycles. The van der Waals surface area contributed by atoms with Gasteiger partial charge in [0.2, 0.25) is 0 Å². The molecule has 1 aliphatic heterocycles. The van der Waals surface area contributed by atoms with Gasteiger partial charge in [0, 0.05) is 25.2 Å². The van der Waals surface area contributed by atoms with Gasteiger partial charge >= 0.3 is 0 Å². The lowest BCUT2D eigenvalue weighted by molar-refractivity contribution is 0.475. The Kier molecular flexibility index (Phi) is 2.82. The molecule has 1 aromatic carbocycles. The summed E-state index contributed by atoms with van der Waals surface area (Å²) in [6.07, 6.45) is 0.932. The molecular formula is C13H14N4O. The van der Waals surface area contributed by atoms with E-state index in [0.29, 0.717) is 0 Å². The van der Waals surface area contributed by atoms with Gasteiger partial charge in [-0.2, -0.15) is 5.10 Å². The van der Waals surface area contributed by atoms with Crippen LogP contribution in [0.15, 0.2) is 30.3 Å². The quantitative estimate of drug-likeness (QED) is 0.697. The number of phenolic OH excluding ortho intramolecular Hbond substituents is 1. The van der Waals surface area contributed by atoms with Crippen molar-refractivity contribution >= 4 is 11.5 Å². The number of hydrogen-bond donors (Lipinski definition) is 3. The van der Waals surface area contributed by atoms with Crippen LogP contribution < -0.4 is 10.6 Å². The zero-order valence-corrected chi connectivity index (χ0v) is 9.85. The smallest absolute Gasteiger partial charge is 0.153 e. The number of hydrogen-bond acceptors (Lipinski definition) is 5. The van der Waals surface area contributed by atoms with Crippen molar-refractivity contribution in [3.05, 3.63) is 41.6 Å². The molecule has 0 aliphatic carbocycles. The van der Waals surface area contributed by atoms with Crippen LogP contribution in [0.4, 0.5) is 11.5 Å². The minimum Gasteiger partial charge on any atom is -0.508 e. The van der Waals surface area contributed by atoms with Crippen LogP contribution in [0, 0.1) is 0 Å². The Hall–Kier alpha value is -2.14. The molecule has 0 bridgehead atoms. The molecule has 3 N–H and O–H groups in total. The molecule has 5 heteroatoms. The van der Waals surface area contributed by atoms with E-state index in [2.05, 4.69) is 20.8 Å². The second kappa shape index (κ2) is 4.62. The topological polar surface area (TPSA) is 70.1 Å². The first kappa shape index (κ1) is 11.0. The molecule has 0 saturated heterocycles. The van der Waals surface area contributed by atoms with E-state index in [-0.39, 0.29) is 5.75 Å². The van der Waals surface area contributed by atoms with Crippen molar-refractivity contribution in [2.45, 2.75) is 13.0 Å². The van der Waals surface area contributed by atoms with E-state index in [0.717, 1.165) is 36.7 Å². The number of nitrogens with one attached hydrogen (secondary N) is 2. The third-order valence-electron chi connectivity index (χ3n) is 2.95. The summed E-state index contributed by atoms with van der Waals surface area (Å²) >= 11 is 0. The van der Waals surface area contributed by atoms with Crippen molar-refractivity contribution in [2.75, 3.05) is 11.9 Å². The zero-order valence-electron chi connectivity index (χ0n) is 9.85. The van der Waals surface area contributed by atoms with Crippen molar-refractivity contribution < 1.29 is 5.11 Å². The third kappa shape index (κ3) is 2.26. The highest BCUT2D eigenvalue weighted by Gasteiger charge is 2.11. The maximum absolute atomic E-state index is 9.22. The summed E-state index contributed by atoms with van der Waals surface area (Å²) in [5.41, 5.74) is 3.15. The van der Waals surface area contributed by atoms with E-state index in [1.165, 1.54) is 5.56 Å². The number of anilines is 2. The molecule has 2 aromatic rings. The van der Waals surface area contributed by atoms with Gasteiger partial charge in [0.15, 0.2) is 5.82 Å². The number of aromatic hydroxyl groups is 1. The Morgan fingerprint density at radius 1 is 1.17 bits per heavy atom. The van der Waals surface area contributed by atoms with Gasteiger partial charge in [-0.05, 0) is 35.9 Å². The number of rotatable bonds is 2. The largest absolute Gasteiger partial charge is 0.508 e. The Labute approximate surface area is 105 Å². The minimum atomic E-state index is 0.251. The fourth-order valence-corrected chi connectivity index (χ4v) is 2.00. The average molecular weight is 242 g/mol. The molecule has 1 aliphatic rings. The fraction of sp³-hybridized carbons (Fsp3) is 0.231. The van der Waals surface area contributed by atoms with E-state index in [1.807, 2.05) is 6.07 Å². The first-order valence-corrected chi connectivity index (χ1v) is 5.93. The van der Waals surface area contributed by atoms with Crippen LogP contribution in [0.5, 0.6) is 5.75 Å². The molecule has 5 nitrogen and oxygen atoms in total. The van der Waals surface area contributed by atoms with Gasteiger partial charge in [0.05, 0.1) is 5.69 Å². The standard InChI is InChI=1S/C13H14N4O/c18-11-3-1-10(2-4-11)15-13-7-9-8-14-6-5-12(9)16-17-13/h1-4,7,14,18H,5-6,8H2,(H,15,17). The molecule has 0 spiro atoms. The van der Waals surface area contributed by atoms with Gasteiger partial charge in [0.25, 0.3) is 0 Å². The summed E-state index contributed by atoms with van der Waals surface area (Å²) in [7, 11) is 0. The lowest BCUT2D eigenvalue weighted by atomic mass is 10.1. The van der Waals surface area contributed by atoms with Gasteiger partial charge in [-0.3, -0.25) is 0 Å². The maximum atomic E-state index is 9.22. The van der Waals surface area contributed by atoms with E-state index in [9.17, 15) is 5.11 Å². The van der Waals surface area contributed by atoms with Crippen LogP contribution in [0.1, 0.15) is 11.3 Å². The molecule has 3 rings (SSSR count). The SMILES string of the molecule is Oc1ccc(Nc2cc3c(nn2)CCNC3)cc1. The molecule has 92 valence electrons. The fourth-order valence-electron chi connectivity index (χ4n) is 2.00. The van der Waals surface area contributed by atoms with Gasteiger partial charge in [-0.25, -0.2) is 0 Å². The second-order valence-corrected chi connectivity index (χ2v) is 4.30. The first-order chi connectivity index (χ1) is 8.81. The number of nitrogens with zero attached hydrogens (tertiary/aromatic N) is 2. The summed E-state index contributed by atoms with van der Waals surface area (Å²) in [6.45, 7) is 1.81. The van der Waals surface area contributed by atoms with Gasteiger partial charge < -0.3 is 15.7 Å². The molecule has 0 saturated carbocycles. The molecule has 0 atom stereocenters. The van der Waals surface area contributed by atoms with E-state index >= 15 is 0 Å². The highest BCUT2D eigenvalue weighted by Crippen LogP contribution is 2.19. The van der Waals surface area contributed by atoms with Crippen molar-refractivity contribution in [3.63, 3.8) is 0 Å². The minimum absolute atomic E-state index is 0.251. The Balaban J connectivity index is 1.82. The molecule has 0 unspecified atom stereocenters. The first-order valence-electron chi connectivity index (χ1n) is 5.93. The van der Waals surface area contributed by atoms with Gasteiger partial charge in [0.1, 0.15) is 5.75 Å². The molecule has 18 heavy (non-hydrogen) atoms. The predicted octanol–water partition coefficient (Wildman–Crippen LogP) is 1.57. The Morgan fingerprint density at radius 3 is 2.83 bits per heavy atom. The van der Waals surface area contributed by atoms with Crippen molar-refractivity contribution in [1.29, 1.82) is 0 Å². The van der Waals surface area contributed by atoms with Crippen LogP contribution in [-0.4, -0.2) is 21.8 Å². The second-order valence-electron chi connectivity index (χ2n) is 4.30. The maximum Gasteiger partial charge on any atom is 0.153 e. The van der Waals surface area contributed by atoms with Crippen LogP contribution in [-0.2, 0) is 13.0 Å². The van der Waals surface area contributed by atoms with Crippen molar-refractivity contribution in [1.82, 2.24) is 15.5 Å². The van der Waals surface area contributed by atoms with Crippen molar-refractivity contribution in [3.8, 4) is 5.75 Å². The van der Waals surface area contributed by atoms with Crippen LogP contribution >= 0.6 is 0 Å². The normalized spacial score (nSPS) is 14.0. The Morgan fingerprint density at radius 2 is 2.00 bits per heavy atom. The lowest BCUT2D eigenvalue weighted by Crippen LogP contribution is -2.25. The highest BCUT2D eigenvalue weighted by atomic mass is 16.3. The number of aromatic nitrogens is 2. The van der Waals surface area contributed by atoms with Gasteiger partial charge in [-0.15, -0.1) is 5.10 Å². The lowest BCUT2D eigenvalue weighted by Gasteiger charge is -2.16. The van der Waals surface area contributed by atoms with Crippen LogP contribution in [0.3, 0.4) is 0 Å². The molecule has 0 amide bonds.